The molecule has 112 valence electrons. The zero-order valence-corrected chi connectivity index (χ0v) is 12.5. The van der Waals surface area contributed by atoms with E-state index in [2.05, 4.69) is 10.6 Å². The molecule has 1 aliphatic rings. The lowest BCUT2D eigenvalue weighted by Crippen LogP contribution is -2.46. The molecule has 0 spiro atoms. The van der Waals surface area contributed by atoms with E-state index < -0.39 is 5.60 Å². The molecule has 5 nitrogen and oxygen atoms in total. The second-order valence-corrected chi connectivity index (χ2v) is 6.45. The molecule has 0 heterocycles. The van der Waals surface area contributed by atoms with Crippen molar-refractivity contribution in [1.29, 1.82) is 0 Å². The molecule has 0 unspecified atom stereocenters. The van der Waals surface area contributed by atoms with Gasteiger partial charge in [0.05, 0.1) is 6.61 Å². The minimum absolute atomic E-state index is 0.139. The van der Waals surface area contributed by atoms with Crippen LogP contribution in [0.4, 0.5) is 4.79 Å². The standard InChI is InChI=1S/C14H28N2O3/c1-10(9-17)15-11-5-7-12(8-6-11)16-13(18)19-14(2,3)4/h10-12,15,17H,5-9H2,1-4H3,(H,16,18)/t10-,11?,12?/m1/s1. The zero-order chi connectivity index (χ0) is 14.5. The van der Waals surface area contributed by atoms with Crippen LogP contribution in [0.1, 0.15) is 53.4 Å². The molecule has 0 aromatic heterocycles. The Labute approximate surface area is 116 Å². The summed E-state index contributed by atoms with van der Waals surface area (Å²) in [5, 5.41) is 15.3. The molecule has 1 atom stereocenters. The number of alkyl carbamates (subject to hydrolysis) is 1. The maximum absolute atomic E-state index is 11.7. The van der Waals surface area contributed by atoms with E-state index >= 15 is 0 Å². The number of amides is 1. The van der Waals surface area contributed by atoms with Gasteiger partial charge in [0.1, 0.15) is 5.60 Å². The van der Waals surface area contributed by atoms with E-state index in [-0.39, 0.29) is 24.8 Å². The molecule has 1 amide bonds. The van der Waals surface area contributed by atoms with E-state index in [1.807, 2.05) is 27.7 Å². The van der Waals surface area contributed by atoms with E-state index in [0.29, 0.717) is 6.04 Å². The van der Waals surface area contributed by atoms with Crippen LogP contribution in [0.2, 0.25) is 0 Å². The molecule has 0 radical (unpaired) electrons. The van der Waals surface area contributed by atoms with Crippen LogP contribution >= 0.6 is 0 Å². The molecule has 1 aliphatic carbocycles. The van der Waals surface area contributed by atoms with Gasteiger partial charge >= 0.3 is 6.09 Å². The van der Waals surface area contributed by atoms with Crippen LogP contribution < -0.4 is 10.6 Å². The summed E-state index contributed by atoms with van der Waals surface area (Å²) in [5.74, 6) is 0. The van der Waals surface area contributed by atoms with Crippen LogP contribution in [0.15, 0.2) is 0 Å². The normalized spacial score (nSPS) is 25.7. The van der Waals surface area contributed by atoms with E-state index in [1.165, 1.54) is 0 Å². The minimum atomic E-state index is -0.445. The third-order valence-electron chi connectivity index (χ3n) is 3.24. The van der Waals surface area contributed by atoms with Crippen LogP contribution in [0.25, 0.3) is 0 Å². The predicted octanol–water partition coefficient (Wildman–Crippen LogP) is 1.79. The molecule has 1 saturated carbocycles. The number of nitrogens with one attached hydrogen (secondary N) is 2. The first kappa shape index (κ1) is 16.2. The van der Waals surface area contributed by atoms with Crippen molar-refractivity contribution in [3.63, 3.8) is 0 Å². The number of aliphatic hydroxyl groups excluding tert-OH is 1. The van der Waals surface area contributed by atoms with Gasteiger partial charge in [0.2, 0.25) is 0 Å². The molecule has 5 heteroatoms. The van der Waals surface area contributed by atoms with Gasteiger partial charge in [0.25, 0.3) is 0 Å². The smallest absolute Gasteiger partial charge is 0.407 e. The van der Waals surface area contributed by atoms with Crippen molar-refractivity contribution in [2.45, 2.75) is 77.1 Å². The Bertz CT molecular complexity index is 281. The number of carbonyl (C=O) groups is 1. The van der Waals surface area contributed by atoms with E-state index in [0.717, 1.165) is 25.7 Å². The van der Waals surface area contributed by atoms with Crippen LogP contribution in [-0.4, -0.2) is 41.5 Å². The van der Waals surface area contributed by atoms with Crippen molar-refractivity contribution in [1.82, 2.24) is 10.6 Å². The average Bonchev–Trinajstić information content (AvgIpc) is 2.29. The second kappa shape index (κ2) is 7.10. The lowest BCUT2D eigenvalue weighted by Gasteiger charge is -2.31. The highest BCUT2D eigenvalue weighted by Crippen LogP contribution is 2.19. The van der Waals surface area contributed by atoms with Crippen LogP contribution in [0, 0.1) is 0 Å². The quantitative estimate of drug-likeness (QED) is 0.730. The fraction of sp³-hybridized carbons (Fsp3) is 0.929. The third-order valence-corrected chi connectivity index (χ3v) is 3.24. The molecular weight excluding hydrogens is 244 g/mol. The molecule has 0 saturated heterocycles. The molecular formula is C14H28N2O3. The number of hydrogen-bond donors (Lipinski definition) is 3. The summed E-state index contributed by atoms with van der Waals surface area (Å²) in [6, 6.07) is 0.788. The van der Waals surface area contributed by atoms with Crippen molar-refractivity contribution < 1.29 is 14.6 Å². The lowest BCUT2D eigenvalue weighted by atomic mass is 9.91. The van der Waals surface area contributed by atoms with Gasteiger partial charge < -0.3 is 20.5 Å². The van der Waals surface area contributed by atoms with Gasteiger partial charge in [-0.3, -0.25) is 0 Å². The third kappa shape index (κ3) is 6.78. The predicted molar refractivity (Wildman–Crippen MR) is 75.1 cm³/mol. The maximum atomic E-state index is 11.7. The molecule has 0 aliphatic heterocycles. The van der Waals surface area contributed by atoms with Gasteiger partial charge in [0, 0.05) is 18.1 Å². The van der Waals surface area contributed by atoms with Gasteiger partial charge in [-0.25, -0.2) is 4.79 Å². The Balaban J connectivity index is 2.25. The van der Waals surface area contributed by atoms with Crippen molar-refractivity contribution in [3.8, 4) is 0 Å². The Morgan fingerprint density at radius 1 is 1.26 bits per heavy atom. The summed E-state index contributed by atoms with van der Waals surface area (Å²) in [7, 11) is 0. The molecule has 0 aromatic rings. The van der Waals surface area contributed by atoms with E-state index in [4.69, 9.17) is 9.84 Å². The molecule has 3 N–H and O–H groups in total. The van der Waals surface area contributed by atoms with Crippen molar-refractivity contribution >= 4 is 6.09 Å². The summed E-state index contributed by atoms with van der Waals surface area (Å²) in [4.78, 5) is 11.7. The van der Waals surface area contributed by atoms with Gasteiger partial charge in [-0.05, 0) is 53.4 Å². The summed E-state index contributed by atoms with van der Waals surface area (Å²) in [6.45, 7) is 7.73. The first-order valence-electron chi connectivity index (χ1n) is 7.16. The van der Waals surface area contributed by atoms with Gasteiger partial charge in [0.15, 0.2) is 0 Å². The first-order chi connectivity index (χ1) is 8.80. The van der Waals surface area contributed by atoms with E-state index in [9.17, 15) is 4.79 Å². The minimum Gasteiger partial charge on any atom is -0.444 e. The van der Waals surface area contributed by atoms with Crippen LogP contribution in [-0.2, 0) is 4.74 Å². The second-order valence-electron chi connectivity index (χ2n) is 6.45. The summed E-state index contributed by atoms with van der Waals surface area (Å²) >= 11 is 0. The van der Waals surface area contributed by atoms with Gasteiger partial charge in [-0.15, -0.1) is 0 Å². The Hall–Kier alpha value is -0.810. The monoisotopic (exact) mass is 272 g/mol. The van der Waals surface area contributed by atoms with Crippen molar-refractivity contribution in [3.05, 3.63) is 0 Å². The maximum Gasteiger partial charge on any atom is 0.407 e. The summed E-state index contributed by atoms with van der Waals surface area (Å²) in [5.41, 5.74) is -0.445. The highest BCUT2D eigenvalue weighted by Gasteiger charge is 2.25. The van der Waals surface area contributed by atoms with Crippen LogP contribution in [0.3, 0.4) is 0 Å². The van der Waals surface area contributed by atoms with Crippen molar-refractivity contribution in [2.24, 2.45) is 0 Å². The number of aliphatic hydroxyl groups is 1. The lowest BCUT2D eigenvalue weighted by molar-refractivity contribution is 0.0489. The summed E-state index contributed by atoms with van der Waals surface area (Å²) in [6.07, 6.45) is 3.62. The Morgan fingerprint density at radius 2 is 1.79 bits per heavy atom. The number of carbonyl (C=O) groups excluding carboxylic acids is 1. The largest absolute Gasteiger partial charge is 0.444 e. The number of ether oxygens (including phenoxy) is 1. The molecule has 0 bridgehead atoms. The van der Waals surface area contributed by atoms with Gasteiger partial charge in [-0.1, -0.05) is 0 Å². The summed E-state index contributed by atoms with van der Waals surface area (Å²) < 4.78 is 5.25. The Morgan fingerprint density at radius 3 is 2.26 bits per heavy atom. The highest BCUT2D eigenvalue weighted by molar-refractivity contribution is 5.68. The van der Waals surface area contributed by atoms with E-state index in [1.54, 1.807) is 0 Å². The fourth-order valence-electron chi connectivity index (χ4n) is 2.33. The topological polar surface area (TPSA) is 70.6 Å². The first-order valence-corrected chi connectivity index (χ1v) is 7.16. The van der Waals surface area contributed by atoms with Gasteiger partial charge in [-0.2, -0.15) is 0 Å². The SMILES string of the molecule is C[C@H](CO)NC1CCC(NC(=O)OC(C)(C)C)CC1. The molecule has 19 heavy (non-hydrogen) atoms. The zero-order valence-electron chi connectivity index (χ0n) is 12.5. The average molecular weight is 272 g/mol. The fourth-order valence-corrected chi connectivity index (χ4v) is 2.33. The van der Waals surface area contributed by atoms with Crippen LogP contribution in [0.5, 0.6) is 0 Å². The molecule has 1 fully saturated rings. The van der Waals surface area contributed by atoms with Crippen molar-refractivity contribution in [2.75, 3.05) is 6.61 Å². The Kier molecular flexibility index (Phi) is 6.07. The molecule has 1 rings (SSSR count). The number of rotatable bonds is 4. The number of hydrogen-bond acceptors (Lipinski definition) is 4. The molecule has 0 aromatic carbocycles. The highest BCUT2D eigenvalue weighted by atomic mass is 16.6.